The third-order valence-corrected chi connectivity index (χ3v) is 4.22. The molecule has 2 aromatic rings. The number of rotatable bonds is 6. The van der Waals surface area contributed by atoms with E-state index >= 15 is 0 Å². The molecule has 0 saturated carbocycles. The fourth-order valence-corrected chi connectivity index (χ4v) is 2.47. The van der Waals surface area contributed by atoms with Crippen LogP contribution in [0.2, 0.25) is 0 Å². The van der Waals surface area contributed by atoms with Crippen LogP contribution in [-0.4, -0.2) is 18.4 Å². The first-order valence-electron chi connectivity index (χ1n) is 7.68. The lowest BCUT2D eigenvalue weighted by molar-refractivity contribution is -0.116. The summed E-state index contributed by atoms with van der Waals surface area (Å²) in [5, 5.41) is 8.80. The van der Waals surface area contributed by atoms with Gasteiger partial charge in [0.1, 0.15) is 0 Å². The number of carbonyl (C=O) groups excluding carboxylic acids is 2. The Morgan fingerprint density at radius 3 is 2.29 bits per heavy atom. The molecule has 5 nitrogen and oxygen atoms in total. The van der Waals surface area contributed by atoms with Crippen LogP contribution >= 0.6 is 22.6 Å². The quantitative estimate of drug-likeness (QED) is 0.599. The van der Waals surface area contributed by atoms with E-state index in [9.17, 15) is 9.59 Å². The molecule has 2 amide bonds. The number of hydrogen-bond acceptors (Lipinski definition) is 3. The summed E-state index contributed by atoms with van der Waals surface area (Å²) in [6.45, 7) is 3.87. The molecule has 24 heavy (non-hydrogen) atoms. The zero-order valence-corrected chi connectivity index (χ0v) is 15.8. The second kappa shape index (κ2) is 8.68. The van der Waals surface area contributed by atoms with Crippen molar-refractivity contribution in [3.05, 3.63) is 51.6 Å². The van der Waals surface area contributed by atoms with Crippen molar-refractivity contribution >= 4 is 51.5 Å². The summed E-state index contributed by atoms with van der Waals surface area (Å²) in [6.07, 6.45) is 0.426. The Balaban J connectivity index is 1.96. The molecule has 0 aliphatic carbocycles. The van der Waals surface area contributed by atoms with Crippen LogP contribution in [0.4, 0.5) is 17.1 Å². The number of carbonyl (C=O) groups is 2. The Morgan fingerprint density at radius 2 is 1.62 bits per heavy atom. The van der Waals surface area contributed by atoms with Crippen LogP contribution in [0, 0.1) is 10.5 Å². The minimum absolute atomic E-state index is 0.0355. The molecular formula is C18H20IN3O2. The van der Waals surface area contributed by atoms with Gasteiger partial charge in [0.25, 0.3) is 0 Å². The van der Waals surface area contributed by atoms with E-state index in [4.69, 9.17) is 0 Å². The van der Waals surface area contributed by atoms with Crippen molar-refractivity contribution in [1.29, 1.82) is 0 Å². The van der Waals surface area contributed by atoms with Crippen LogP contribution in [0.5, 0.6) is 0 Å². The van der Waals surface area contributed by atoms with Gasteiger partial charge in [-0.05, 0) is 71.5 Å². The van der Waals surface area contributed by atoms with Gasteiger partial charge in [0.15, 0.2) is 0 Å². The highest BCUT2D eigenvalue weighted by Crippen LogP contribution is 2.23. The number of amides is 2. The molecule has 0 atom stereocenters. The SMILES string of the molecule is CCC(=O)Nc1cccc(NCC(=O)Nc2ccc(I)cc2)c1C. The maximum atomic E-state index is 12.0. The van der Waals surface area contributed by atoms with E-state index in [2.05, 4.69) is 38.5 Å². The van der Waals surface area contributed by atoms with Gasteiger partial charge in [-0.15, -0.1) is 0 Å². The van der Waals surface area contributed by atoms with Gasteiger partial charge >= 0.3 is 0 Å². The molecule has 0 saturated heterocycles. The predicted molar refractivity (Wildman–Crippen MR) is 106 cm³/mol. The highest BCUT2D eigenvalue weighted by atomic mass is 127. The Hall–Kier alpha value is -2.09. The van der Waals surface area contributed by atoms with E-state index in [0.717, 1.165) is 26.2 Å². The fourth-order valence-electron chi connectivity index (χ4n) is 2.12. The lowest BCUT2D eigenvalue weighted by Gasteiger charge is -2.14. The first kappa shape index (κ1) is 18.3. The Labute approximate surface area is 155 Å². The first-order chi connectivity index (χ1) is 11.5. The van der Waals surface area contributed by atoms with Crippen LogP contribution in [-0.2, 0) is 9.59 Å². The second-order valence-electron chi connectivity index (χ2n) is 5.29. The summed E-state index contributed by atoms with van der Waals surface area (Å²) in [5.41, 5.74) is 3.25. The molecule has 126 valence electrons. The van der Waals surface area contributed by atoms with E-state index in [1.807, 2.05) is 56.3 Å². The molecular weight excluding hydrogens is 417 g/mol. The minimum atomic E-state index is -0.126. The van der Waals surface area contributed by atoms with Gasteiger partial charge in [-0.3, -0.25) is 9.59 Å². The fraction of sp³-hybridized carbons (Fsp3) is 0.222. The third-order valence-electron chi connectivity index (χ3n) is 3.50. The summed E-state index contributed by atoms with van der Waals surface area (Å²) in [7, 11) is 0. The molecule has 3 N–H and O–H groups in total. The Bertz CT molecular complexity index is 730. The van der Waals surface area contributed by atoms with E-state index in [-0.39, 0.29) is 18.4 Å². The molecule has 0 unspecified atom stereocenters. The Morgan fingerprint density at radius 1 is 0.958 bits per heavy atom. The molecule has 2 aromatic carbocycles. The number of nitrogens with one attached hydrogen (secondary N) is 3. The van der Waals surface area contributed by atoms with Crippen molar-refractivity contribution in [2.24, 2.45) is 0 Å². The van der Waals surface area contributed by atoms with Crippen LogP contribution < -0.4 is 16.0 Å². The maximum absolute atomic E-state index is 12.0. The van der Waals surface area contributed by atoms with E-state index in [0.29, 0.717) is 6.42 Å². The zero-order chi connectivity index (χ0) is 17.5. The van der Waals surface area contributed by atoms with Crippen LogP contribution in [0.1, 0.15) is 18.9 Å². The molecule has 0 aliphatic heterocycles. The van der Waals surface area contributed by atoms with Gasteiger partial charge in [0.05, 0.1) is 6.54 Å². The average molecular weight is 437 g/mol. The minimum Gasteiger partial charge on any atom is -0.376 e. The molecule has 2 rings (SSSR count). The van der Waals surface area contributed by atoms with Gasteiger partial charge in [-0.1, -0.05) is 13.0 Å². The predicted octanol–water partition coefficient (Wildman–Crippen LogP) is 4.00. The third kappa shape index (κ3) is 5.23. The van der Waals surface area contributed by atoms with Crippen LogP contribution in [0.15, 0.2) is 42.5 Å². The van der Waals surface area contributed by atoms with Gasteiger partial charge in [-0.2, -0.15) is 0 Å². The summed E-state index contributed by atoms with van der Waals surface area (Å²) in [5.74, 6) is -0.162. The number of anilines is 3. The standard InChI is InChI=1S/C18H20IN3O2/c1-3-17(23)22-16-6-4-5-15(12(16)2)20-11-18(24)21-14-9-7-13(19)8-10-14/h4-10,20H,3,11H2,1-2H3,(H,21,24)(H,22,23). The topological polar surface area (TPSA) is 70.2 Å². The van der Waals surface area contributed by atoms with Crippen molar-refractivity contribution in [3.63, 3.8) is 0 Å². The number of benzene rings is 2. The van der Waals surface area contributed by atoms with Crippen molar-refractivity contribution in [3.8, 4) is 0 Å². The highest BCUT2D eigenvalue weighted by molar-refractivity contribution is 14.1. The normalized spacial score (nSPS) is 10.1. The van der Waals surface area contributed by atoms with Gasteiger partial charge < -0.3 is 16.0 Å². The van der Waals surface area contributed by atoms with E-state index in [1.165, 1.54) is 0 Å². The molecule has 0 fully saturated rings. The second-order valence-corrected chi connectivity index (χ2v) is 6.53. The molecule has 0 aromatic heterocycles. The van der Waals surface area contributed by atoms with Gasteiger partial charge in [-0.25, -0.2) is 0 Å². The zero-order valence-electron chi connectivity index (χ0n) is 13.7. The first-order valence-corrected chi connectivity index (χ1v) is 8.76. The van der Waals surface area contributed by atoms with Gasteiger partial charge in [0, 0.05) is 27.1 Å². The lowest BCUT2D eigenvalue weighted by atomic mass is 10.1. The average Bonchev–Trinajstić information content (AvgIpc) is 2.57. The molecule has 0 aliphatic rings. The molecule has 0 radical (unpaired) electrons. The molecule has 0 spiro atoms. The van der Waals surface area contributed by atoms with Crippen molar-refractivity contribution in [2.45, 2.75) is 20.3 Å². The summed E-state index contributed by atoms with van der Waals surface area (Å²) < 4.78 is 1.12. The highest BCUT2D eigenvalue weighted by Gasteiger charge is 2.08. The van der Waals surface area contributed by atoms with Crippen molar-refractivity contribution < 1.29 is 9.59 Å². The Kier molecular flexibility index (Phi) is 6.60. The summed E-state index contributed by atoms with van der Waals surface area (Å²) >= 11 is 2.22. The molecule has 0 bridgehead atoms. The summed E-state index contributed by atoms with van der Waals surface area (Å²) in [6, 6.07) is 13.2. The van der Waals surface area contributed by atoms with E-state index in [1.54, 1.807) is 0 Å². The monoisotopic (exact) mass is 437 g/mol. The maximum Gasteiger partial charge on any atom is 0.243 e. The van der Waals surface area contributed by atoms with Crippen molar-refractivity contribution in [2.75, 3.05) is 22.5 Å². The van der Waals surface area contributed by atoms with Crippen LogP contribution in [0.25, 0.3) is 0 Å². The van der Waals surface area contributed by atoms with E-state index < -0.39 is 0 Å². The van der Waals surface area contributed by atoms with Crippen LogP contribution in [0.3, 0.4) is 0 Å². The molecule has 0 heterocycles. The number of halogens is 1. The smallest absolute Gasteiger partial charge is 0.243 e. The summed E-state index contributed by atoms with van der Waals surface area (Å²) in [4.78, 5) is 23.6. The number of hydrogen-bond donors (Lipinski definition) is 3. The van der Waals surface area contributed by atoms with Gasteiger partial charge in [0.2, 0.25) is 11.8 Å². The largest absolute Gasteiger partial charge is 0.376 e. The lowest BCUT2D eigenvalue weighted by Crippen LogP contribution is -2.22. The molecule has 6 heteroatoms. The van der Waals surface area contributed by atoms with Crippen molar-refractivity contribution in [1.82, 2.24) is 0 Å².